The van der Waals surface area contributed by atoms with Crippen molar-refractivity contribution >= 4 is 112 Å². The maximum absolute atomic E-state index is 14.1. The summed E-state index contributed by atoms with van der Waals surface area (Å²) in [6.07, 6.45) is -2.89. The van der Waals surface area contributed by atoms with Crippen LogP contribution in [0.1, 0.15) is 92.4 Å². The Labute approximate surface area is 508 Å². The second-order valence-corrected chi connectivity index (χ2v) is 21.5. The van der Waals surface area contributed by atoms with Crippen LogP contribution in [-0.2, 0) is 81.5 Å². The summed E-state index contributed by atoms with van der Waals surface area (Å²) in [6.45, 7) is 2.90. The van der Waals surface area contributed by atoms with Gasteiger partial charge >= 0.3 is 17.9 Å². The zero-order valence-corrected chi connectivity index (χ0v) is 50.2. The van der Waals surface area contributed by atoms with Gasteiger partial charge in [0.05, 0.1) is 45.3 Å². The van der Waals surface area contributed by atoms with Gasteiger partial charge in [0, 0.05) is 19.3 Å². The predicted octanol–water partition coefficient (Wildman–Crippen LogP) is -9.56. The number of hydrogen-bond donors (Lipinski definition) is 20. The molecular weight excluding hydrogens is 1190 g/mol. The molecule has 38 heteroatoms. The largest absolute Gasteiger partial charge is 0.481 e. The molecule has 23 N–H and O–H groups in total. The molecule has 0 aromatic heterocycles. The highest BCUT2D eigenvalue weighted by Gasteiger charge is 2.37. The molecule has 0 aromatic carbocycles. The number of carboxylic acid groups (broad SMARTS) is 3. The molecule has 0 aromatic rings. The van der Waals surface area contributed by atoms with Crippen molar-refractivity contribution in [1.29, 1.82) is 0 Å². The van der Waals surface area contributed by atoms with E-state index in [9.17, 15) is 96.8 Å². The first-order valence-corrected chi connectivity index (χ1v) is 28.7. The summed E-state index contributed by atoms with van der Waals surface area (Å²) in [7, 11) is 0. The molecule has 0 bridgehead atoms. The van der Waals surface area contributed by atoms with Crippen LogP contribution < -0.4 is 81.0 Å². The summed E-state index contributed by atoms with van der Waals surface area (Å²) >= 11 is 1.43. The van der Waals surface area contributed by atoms with Crippen LogP contribution in [0.15, 0.2) is 0 Å². The Morgan fingerprint density at radius 3 is 1.27 bits per heavy atom. The fourth-order valence-electron chi connectivity index (χ4n) is 7.33. The summed E-state index contributed by atoms with van der Waals surface area (Å²) in [5.41, 5.74) is 16.6. The van der Waals surface area contributed by atoms with E-state index in [4.69, 9.17) is 27.4 Å². The summed E-state index contributed by atoms with van der Waals surface area (Å²) < 4.78 is 0. The minimum atomic E-state index is -1.88. The van der Waals surface area contributed by atoms with Crippen molar-refractivity contribution in [3.8, 4) is 0 Å². The number of aliphatic hydroxyl groups excluding tert-OH is 2. The zero-order valence-electron chi connectivity index (χ0n) is 49.4. The normalized spacial score (nSPS) is 14.3. The fraction of sp³-hybridized carbons (Fsp3) is 0.660. The van der Waals surface area contributed by atoms with Crippen molar-refractivity contribution in [2.24, 2.45) is 29.0 Å². The van der Waals surface area contributed by atoms with Crippen LogP contribution >= 0.6 is 11.8 Å². The molecule has 0 aliphatic carbocycles. The Balaban J connectivity index is 6.49. The standard InChI is InChI=1S/C50H83N15O22S/c1-22(2)15-29(63-45(81)27(8-11-34(53)69)61-49(85)40(23(3)4)65-48(84)30(16-39(75)76)62-41(77)24(5)57-42(78)25(51)13-14-88-6)47(83)60-26(7-10-33(52)68)44(80)59-28(9-12-38(73)74)46(82)64-31(20-66)43(79)56-18-36(71)54-17-35(70)55-19-37(72)58-32(21-67)50(86)87/h22-32,40,66-67H,7-21,51H2,1-6H3,(H2,52,68)(H2,53,69)(H,54,71)(H,55,70)(H,56,79)(H,57,78)(H,58,72)(H,59,80)(H,60,83)(H,61,85)(H,62,77)(H,63,81)(H,64,82)(H,65,84)(H,73,74)(H,75,76)(H,86,87)/t24-,25-,26-,27-,28-,29-,30-,31-,32-,40-/m0/s1. The highest BCUT2D eigenvalue weighted by Crippen LogP contribution is 2.12. The number of carboxylic acids is 3. The van der Waals surface area contributed by atoms with Gasteiger partial charge in [-0.2, -0.15) is 11.8 Å². The molecule has 10 atom stereocenters. The number of carbonyl (C=O) groups is 17. The quantitative estimate of drug-likeness (QED) is 0.0269. The molecule has 37 nitrogen and oxygen atoms in total. The van der Waals surface area contributed by atoms with Gasteiger partial charge in [-0.3, -0.25) is 76.7 Å². The van der Waals surface area contributed by atoms with E-state index in [0.717, 1.165) is 0 Å². The Morgan fingerprint density at radius 2 is 0.841 bits per heavy atom. The Morgan fingerprint density at radius 1 is 0.420 bits per heavy atom. The van der Waals surface area contributed by atoms with Crippen molar-refractivity contribution < 1.29 is 107 Å². The van der Waals surface area contributed by atoms with E-state index >= 15 is 0 Å². The monoisotopic (exact) mass is 1280 g/mol. The van der Waals surface area contributed by atoms with E-state index in [0.29, 0.717) is 5.75 Å². The van der Waals surface area contributed by atoms with Gasteiger partial charge in [0.15, 0.2) is 0 Å². The van der Waals surface area contributed by atoms with Gasteiger partial charge < -0.3 is 107 Å². The van der Waals surface area contributed by atoms with Gasteiger partial charge in [0.25, 0.3) is 0 Å². The maximum Gasteiger partial charge on any atom is 0.328 e. The molecule has 88 heavy (non-hydrogen) atoms. The average molecular weight is 1280 g/mol. The second kappa shape index (κ2) is 41.3. The number of carbonyl (C=O) groups excluding carboxylic acids is 14. The molecule has 0 rings (SSSR count). The average Bonchev–Trinajstić information content (AvgIpc) is 3.20. The number of rotatable bonds is 44. The van der Waals surface area contributed by atoms with Gasteiger partial charge in [-0.25, -0.2) is 4.79 Å². The van der Waals surface area contributed by atoms with Crippen LogP contribution in [0.25, 0.3) is 0 Å². The summed E-state index contributed by atoms with van der Waals surface area (Å²) in [5.74, 6) is -20.2. The number of hydrogen-bond acceptors (Lipinski definition) is 21. The van der Waals surface area contributed by atoms with Crippen LogP contribution in [0, 0.1) is 11.8 Å². The first-order valence-electron chi connectivity index (χ1n) is 27.3. The smallest absolute Gasteiger partial charge is 0.328 e. The number of primary amides is 2. The number of nitrogens with one attached hydrogen (secondary N) is 12. The number of amides is 14. The van der Waals surface area contributed by atoms with E-state index in [2.05, 4.69) is 58.5 Å². The Bertz CT molecular complexity index is 2510. The van der Waals surface area contributed by atoms with Crippen molar-refractivity contribution in [3.05, 3.63) is 0 Å². The van der Waals surface area contributed by atoms with Crippen molar-refractivity contribution in [3.63, 3.8) is 0 Å². The highest BCUT2D eigenvalue weighted by molar-refractivity contribution is 7.98. The van der Waals surface area contributed by atoms with Gasteiger partial charge in [-0.1, -0.05) is 27.7 Å². The molecule has 0 spiro atoms. The van der Waals surface area contributed by atoms with E-state index in [-0.39, 0.29) is 12.8 Å². The molecule has 0 unspecified atom stereocenters. The molecular formula is C50H83N15O22S. The lowest BCUT2D eigenvalue weighted by molar-refractivity contribution is -0.143. The van der Waals surface area contributed by atoms with E-state index in [1.807, 2.05) is 5.32 Å². The molecule has 496 valence electrons. The van der Waals surface area contributed by atoms with Crippen LogP contribution in [-0.4, -0.2) is 231 Å². The van der Waals surface area contributed by atoms with Crippen LogP contribution in [0.3, 0.4) is 0 Å². The zero-order chi connectivity index (χ0) is 67.5. The Hall–Kier alpha value is -8.78. The number of aliphatic hydroxyl groups is 2. The second-order valence-electron chi connectivity index (χ2n) is 20.5. The van der Waals surface area contributed by atoms with E-state index in [1.165, 1.54) is 32.5 Å². The first-order chi connectivity index (χ1) is 41.1. The molecule has 0 saturated carbocycles. The van der Waals surface area contributed by atoms with Gasteiger partial charge in [0.2, 0.25) is 82.7 Å². The highest BCUT2D eigenvalue weighted by atomic mass is 32.2. The van der Waals surface area contributed by atoms with E-state index in [1.54, 1.807) is 20.1 Å². The molecule has 0 saturated heterocycles. The van der Waals surface area contributed by atoms with Crippen LogP contribution in [0.4, 0.5) is 0 Å². The third kappa shape index (κ3) is 32.6. The lowest BCUT2D eigenvalue weighted by atomic mass is 9.99. The molecule has 0 heterocycles. The summed E-state index contributed by atoms with van der Waals surface area (Å²) in [6, 6.07) is -16.2. The van der Waals surface area contributed by atoms with Crippen LogP contribution in [0.2, 0.25) is 0 Å². The van der Waals surface area contributed by atoms with Crippen molar-refractivity contribution in [2.75, 3.05) is 44.9 Å². The SMILES string of the molecule is CSCC[C@H](N)C(=O)N[C@@H](C)C(=O)N[C@@H](CC(=O)O)C(=O)N[C@H](C(=O)N[C@@H](CCC(N)=O)C(=O)N[C@@H](CC(C)C)C(=O)N[C@@H](CCC(N)=O)C(=O)N[C@@H](CCC(=O)O)C(=O)N[C@@H](CO)C(=O)NCC(=O)NCC(=O)NCC(=O)N[C@@H](CO)C(=O)O)C(C)C. The maximum atomic E-state index is 14.1. The van der Waals surface area contributed by atoms with Gasteiger partial charge in [-0.05, 0) is 62.9 Å². The topological polar surface area (TPSA) is 614 Å². The lowest BCUT2D eigenvalue weighted by Gasteiger charge is -2.29. The molecule has 0 aliphatic heterocycles. The minimum absolute atomic E-state index is 0.206. The Kier molecular flexibility index (Phi) is 37.2. The van der Waals surface area contributed by atoms with Gasteiger partial charge in [0.1, 0.15) is 54.4 Å². The third-order valence-electron chi connectivity index (χ3n) is 12.2. The van der Waals surface area contributed by atoms with E-state index < -0.39 is 251 Å². The van der Waals surface area contributed by atoms with Crippen molar-refractivity contribution in [2.45, 2.75) is 153 Å². The number of aliphatic carboxylic acids is 3. The first kappa shape index (κ1) is 79.2. The lowest BCUT2D eigenvalue weighted by Crippen LogP contribution is -2.61. The molecule has 0 radical (unpaired) electrons. The summed E-state index contributed by atoms with van der Waals surface area (Å²) in [4.78, 5) is 217. The summed E-state index contributed by atoms with van der Waals surface area (Å²) in [5, 5.41) is 73.4. The number of nitrogens with two attached hydrogens (primary N) is 3. The van der Waals surface area contributed by atoms with Crippen molar-refractivity contribution in [1.82, 2.24) is 63.8 Å². The molecule has 14 amide bonds. The van der Waals surface area contributed by atoms with Crippen LogP contribution in [0.5, 0.6) is 0 Å². The fourth-order valence-corrected chi connectivity index (χ4v) is 7.82. The van der Waals surface area contributed by atoms with Gasteiger partial charge in [-0.15, -0.1) is 0 Å². The third-order valence-corrected chi connectivity index (χ3v) is 12.8. The predicted molar refractivity (Wildman–Crippen MR) is 305 cm³/mol. The minimum Gasteiger partial charge on any atom is -0.481 e. The molecule has 0 fully saturated rings. The number of thioether (sulfide) groups is 1. The molecule has 0 aliphatic rings.